The molecule has 2 rings (SSSR count). The monoisotopic (exact) mass is 264 g/mol. The summed E-state index contributed by atoms with van der Waals surface area (Å²) in [6.07, 6.45) is 5.00. The highest BCUT2D eigenvalue weighted by Gasteiger charge is 2.11. The first-order valence-electron chi connectivity index (χ1n) is 6.62. The number of pyridine rings is 1. The Morgan fingerprint density at radius 3 is 2.89 bits per heavy atom. The van der Waals surface area contributed by atoms with E-state index >= 15 is 0 Å². The number of nitrogen functional groups attached to an aromatic ring is 1. The van der Waals surface area contributed by atoms with E-state index < -0.39 is 5.97 Å². The second kappa shape index (κ2) is 6.38. The zero-order valence-electron chi connectivity index (χ0n) is 10.9. The molecular weight excluding hydrogens is 244 g/mol. The average Bonchev–Trinajstić information content (AvgIpc) is 2.89. The third-order valence-corrected chi connectivity index (χ3v) is 3.32. The standard InChI is InChI=1S/C13H20N4O2/c14-11-9-16-12(8-10(11)13(18)19)15-4-3-7-17-5-1-2-6-17/h8-9H,1-7,14H2,(H,15,16)(H,18,19). The fourth-order valence-corrected chi connectivity index (χ4v) is 2.27. The quantitative estimate of drug-likeness (QED) is 0.670. The number of rotatable bonds is 6. The summed E-state index contributed by atoms with van der Waals surface area (Å²) in [4.78, 5) is 17.5. The molecule has 6 nitrogen and oxygen atoms in total. The van der Waals surface area contributed by atoms with Gasteiger partial charge in [0.1, 0.15) is 5.82 Å². The summed E-state index contributed by atoms with van der Waals surface area (Å²) in [5, 5.41) is 12.1. The maximum absolute atomic E-state index is 10.9. The van der Waals surface area contributed by atoms with E-state index in [-0.39, 0.29) is 11.3 Å². The van der Waals surface area contributed by atoms with E-state index in [1.54, 1.807) is 0 Å². The minimum absolute atomic E-state index is 0.0945. The molecule has 1 aliphatic rings. The van der Waals surface area contributed by atoms with E-state index in [4.69, 9.17) is 10.8 Å². The highest BCUT2D eigenvalue weighted by molar-refractivity contribution is 5.94. The van der Waals surface area contributed by atoms with E-state index in [1.807, 2.05) is 0 Å². The number of carboxylic acid groups (broad SMARTS) is 1. The SMILES string of the molecule is Nc1cnc(NCCCN2CCCC2)cc1C(=O)O. The second-order valence-electron chi connectivity index (χ2n) is 4.79. The molecule has 0 radical (unpaired) electrons. The topological polar surface area (TPSA) is 91.5 Å². The number of nitrogens with two attached hydrogens (primary N) is 1. The van der Waals surface area contributed by atoms with E-state index in [1.165, 1.54) is 38.2 Å². The second-order valence-corrected chi connectivity index (χ2v) is 4.79. The zero-order valence-corrected chi connectivity index (χ0v) is 10.9. The number of carbonyl (C=O) groups is 1. The molecule has 0 aromatic carbocycles. The van der Waals surface area contributed by atoms with Crippen molar-refractivity contribution >= 4 is 17.5 Å². The van der Waals surface area contributed by atoms with Crippen LogP contribution in [0.1, 0.15) is 29.6 Å². The first-order valence-corrected chi connectivity index (χ1v) is 6.62. The van der Waals surface area contributed by atoms with Crippen LogP contribution in [0.15, 0.2) is 12.3 Å². The van der Waals surface area contributed by atoms with Crippen molar-refractivity contribution in [1.82, 2.24) is 9.88 Å². The van der Waals surface area contributed by atoms with Crippen molar-refractivity contribution in [2.24, 2.45) is 0 Å². The van der Waals surface area contributed by atoms with Gasteiger partial charge < -0.3 is 21.1 Å². The number of likely N-dealkylation sites (tertiary alicyclic amines) is 1. The summed E-state index contributed by atoms with van der Waals surface area (Å²) in [6.45, 7) is 4.26. The largest absolute Gasteiger partial charge is 0.478 e. The molecule has 2 heterocycles. The molecule has 0 aliphatic carbocycles. The van der Waals surface area contributed by atoms with Crippen molar-refractivity contribution in [3.63, 3.8) is 0 Å². The Hall–Kier alpha value is -1.82. The van der Waals surface area contributed by atoms with Crippen molar-refractivity contribution in [3.05, 3.63) is 17.8 Å². The Labute approximate surface area is 112 Å². The third kappa shape index (κ3) is 3.82. The molecule has 104 valence electrons. The normalized spacial score (nSPS) is 15.6. The zero-order chi connectivity index (χ0) is 13.7. The van der Waals surface area contributed by atoms with Crippen LogP contribution in [0.3, 0.4) is 0 Å². The van der Waals surface area contributed by atoms with Crippen molar-refractivity contribution in [2.75, 3.05) is 37.2 Å². The van der Waals surface area contributed by atoms with Gasteiger partial charge in [-0.05, 0) is 45.0 Å². The van der Waals surface area contributed by atoms with Gasteiger partial charge in [-0.25, -0.2) is 9.78 Å². The fraction of sp³-hybridized carbons (Fsp3) is 0.538. The number of nitrogens with zero attached hydrogens (tertiary/aromatic N) is 2. The highest BCUT2D eigenvalue weighted by Crippen LogP contribution is 2.14. The number of aromatic carboxylic acids is 1. The smallest absolute Gasteiger partial charge is 0.337 e. The van der Waals surface area contributed by atoms with Crippen LogP contribution in [0.25, 0.3) is 0 Å². The molecule has 0 atom stereocenters. The van der Waals surface area contributed by atoms with Crippen LogP contribution in [0, 0.1) is 0 Å². The van der Waals surface area contributed by atoms with E-state index in [0.29, 0.717) is 5.82 Å². The van der Waals surface area contributed by atoms with E-state index in [0.717, 1.165) is 19.5 Å². The van der Waals surface area contributed by atoms with Gasteiger partial charge in [0.05, 0.1) is 17.4 Å². The van der Waals surface area contributed by atoms with Crippen molar-refractivity contribution < 1.29 is 9.90 Å². The Morgan fingerprint density at radius 1 is 1.47 bits per heavy atom. The lowest BCUT2D eigenvalue weighted by atomic mass is 10.2. The average molecular weight is 264 g/mol. The lowest BCUT2D eigenvalue weighted by Gasteiger charge is -2.14. The minimum Gasteiger partial charge on any atom is -0.478 e. The fourth-order valence-electron chi connectivity index (χ4n) is 2.27. The Balaban J connectivity index is 1.79. The molecule has 4 N–H and O–H groups in total. The summed E-state index contributed by atoms with van der Waals surface area (Å²) in [5.74, 6) is -0.465. The van der Waals surface area contributed by atoms with Crippen LogP contribution >= 0.6 is 0 Å². The number of nitrogens with one attached hydrogen (secondary N) is 1. The predicted molar refractivity (Wildman–Crippen MR) is 74.4 cm³/mol. The maximum Gasteiger partial charge on any atom is 0.337 e. The Morgan fingerprint density at radius 2 is 2.21 bits per heavy atom. The Bertz CT molecular complexity index is 444. The van der Waals surface area contributed by atoms with Crippen molar-refractivity contribution in [2.45, 2.75) is 19.3 Å². The van der Waals surface area contributed by atoms with E-state index in [9.17, 15) is 4.79 Å². The summed E-state index contributed by atoms with van der Waals surface area (Å²) in [5.41, 5.74) is 5.83. The van der Waals surface area contributed by atoms with Crippen LogP contribution in [0.4, 0.5) is 11.5 Å². The third-order valence-electron chi connectivity index (χ3n) is 3.32. The number of aromatic nitrogens is 1. The number of hydrogen-bond acceptors (Lipinski definition) is 5. The lowest BCUT2D eigenvalue weighted by Crippen LogP contribution is -2.22. The van der Waals surface area contributed by atoms with Gasteiger partial charge >= 0.3 is 5.97 Å². The molecule has 0 bridgehead atoms. The van der Waals surface area contributed by atoms with Gasteiger partial charge in [0.2, 0.25) is 0 Å². The number of anilines is 2. The summed E-state index contributed by atoms with van der Waals surface area (Å²) in [6, 6.07) is 1.48. The first-order chi connectivity index (χ1) is 9.16. The molecule has 0 saturated carbocycles. The molecule has 0 spiro atoms. The summed E-state index contributed by atoms with van der Waals surface area (Å²) < 4.78 is 0. The Kier molecular flexibility index (Phi) is 4.57. The molecular formula is C13H20N4O2. The molecule has 6 heteroatoms. The van der Waals surface area contributed by atoms with Crippen molar-refractivity contribution in [3.8, 4) is 0 Å². The van der Waals surface area contributed by atoms with Crippen LogP contribution in [-0.4, -0.2) is 47.1 Å². The minimum atomic E-state index is -1.03. The van der Waals surface area contributed by atoms with Crippen LogP contribution < -0.4 is 11.1 Å². The van der Waals surface area contributed by atoms with Crippen LogP contribution in [0.5, 0.6) is 0 Å². The summed E-state index contributed by atoms with van der Waals surface area (Å²) in [7, 11) is 0. The molecule has 1 aliphatic heterocycles. The molecule has 1 fully saturated rings. The number of carboxylic acids is 1. The molecule has 0 amide bonds. The van der Waals surface area contributed by atoms with Gasteiger partial charge in [0.15, 0.2) is 0 Å². The van der Waals surface area contributed by atoms with Crippen LogP contribution in [0.2, 0.25) is 0 Å². The van der Waals surface area contributed by atoms with Gasteiger partial charge in [-0.3, -0.25) is 0 Å². The molecule has 0 unspecified atom stereocenters. The van der Waals surface area contributed by atoms with Gasteiger partial charge in [-0.15, -0.1) is 0 Å². The predicted octanol–water partition coefficient (Wildman–Crippen LogP) is 1.26. The molecule has 19 heavy (non-hydrogen) atoms. The summed E-state index contributed by atoms with van der Waals surface area (Å²) >= 11 is 0. The van der Waals surface area contributed by atoms with Gasteiger partial charge in [-0.1, -0.05) is 0 Å². The molecule has 1 saturated heterocycles. The van der Waals surface area contributed by atoms with Gasteiger partial charge in [0, 0.05) is 6.54 Å². The van der Waals surface area contributed by atoms with Gasteiger partial charge in [0.25, 0.3) is 0 Å². The molecule has 1 aromatic rings. The van der Waals surface area contributed by atoms with E-state index in [2.05, 4.69) is 15.2 Å². The van der Waals surface area contributed by atoms with Crippen molar-refractivity contribution in [1.29, 1.82) is 0 Å². The first kappa shape index (κ1) is 13.6. The molecule has 1 aromatic heterocycles. The highest BCUT2D eigenvalue weighted by atomic mass is 16.4. The number of hydrogen-bond donors (Lipinski definition) is 3. The maximum atomic E-state index is 10.9. The lowest BCUT2D eigenvalue weighted by molar-refractivity contribution is 0.0698. The van der Waals surface area contributed by atoms with Gasteiger partial charge in [-0.2, -0.15) is 0 Å². The van der Waals surface area contributed by atoms with Crippen LogP contribution in [-0.2, 0) is 0 Å².